The van der Waals surface area contributed by atoms with Crippen molar-refractivity contribution in [3.63, 3.8) is 0 Å². The smallest absolute Gasteiger partial charge is 0.265 e. The SMILES string of the molecule is COc1ccc(Cl)cc1S(=O)(=O)Nc1cccc(C(N)=O)c1-c1ccc(-c2nn[nH]n2)cc1.COc1ccc(Cl)cc1S(=O)(=O)Nc1cccc(C(N)=O)c1-c1ccc(-c2nn[nH]n2)cc1. The zero-order valence-electron chi connectivity index (χ0n) is 34.2. The standard InChI is InChI=1S/2C21H17ClN6O4S/c2*1-32-17-10-9-14(22)11-18(17)33(30,31)26-16-4-2-3-15(20(23)29)19(16)12-5-7-13(8-6-12)21-24-27-28-25-21/h2*2-11,26H,1H3,(H2,23,29)(H,24,25,27,28). The summed E-state index contributed by atoms with van der Waals surface area (Å²) in [6.45, 7) is 0. The molecule has 0 spiro atoms. The van der Waals surface area contributed by atoms with Gasteiger partial charge in [-0.25, -0.2) is 16.8 Å². The van der Waals surface area contributed by atoms with Crippen LogP contribution in [0.4, 0.5) is 11.4 Å². The minimum absolute atomic E-state index is 0.115. The highest BCUT2D eigenvalue weighted by atomic mass is 35.5. The molecule has 0 saturated heterocycles. The van der Waals surface area contributed by atoms with Gasteiger partial charge in [0.05, 0.1) is 25.6 Å². The van der Waals surface area contributed by atoms with Gasteiger partial charge < -0.3 is 20.9 Å². The molecule has 0 saturated carbocycles. The fraction of sp³-hybridized carbons (Fsp3) is 0.0476. The number of hydrogen-bond donors (Lipinski definition) is 6. The summed E-state index contributed by atoms with van der Waals surface area (Å²) >= 11 is 12.0. The molecule has 6 aromatic carbocycles. The van der Waals surface area contributed by atoms with Crippen LogP contribution < -0.4 is 30.4 Å². The number of primary amides is 2. The molecule has 20 nitrogen and oxygen atoms in total. The lowest BCUT2D eigenvalue weighted by atomic mass is 9.96. The Labute approximate surface area is 385 Å². The van der Waals surface area contributed by atoms with Gasteiger partial charge in [0.25, 0.3) is 20.0 Å². The number of rotatable bonds is 14. The van der Waals surface area contributed by atoms with Crippen molar-refractivity contribution in [2.24, 2.45) is 11.5 Å². The number of sulfonamides is 2. The van der Waals surface area contributed by atoms with Crippen molar-refractivity contribution in [1.82, 2.24) is 41.2 Å². The van der Waals surface area contributed by atoms with Crippen molar-refractivity contribution in [2.75, 3.05) is 23.7 Å². The molecule has 2 aromatic heterocycles. The van der Waals surface area contributed by atoms with Gasteiger partial charge in [-0.3, -0.25) is 19.0 Å². The first kappa shape index (κ1) is 46.1. The number of nitrogens with zero attached hydrogens (tertiary/aromatic N) is 6. The fourth-order valence-corrected chi connectivity index (χ4v) is 9.58. The zero-order valence-corrected chi connectivity index (χ0v) is 37.4. The summed E-state index contributed by atoms with van der Waals surface area (Å²) in [5.41, 5.74) is 14.8. The summed E-state index contributed by atoms with van der Waals surface area (Å²) in [7, 11) is -5.57. The van der Waals surface area contributed by atoms with Crippen molar-refractivity contribution in [1.29, 1.82) is 0 Å². The van der Waals surface area contributed by atoms with E-state index in [9.17, 15) is 26.4 Å². The molecular formula is C42H34Cl2N12O8S2. The van der Waals surface area contributed by atoms with Gasteiger partial charge in [0.2, 0.25) is 23.5 Å². The van der Waals surface area contributed by atoms with Crippen molar-refractivity contribution in [3.8, 4) is 56.5 Å². The van der Waals surface area contributed by atoms with Gasteiger partial charge in [-0.2, -0.15) is 10.4 Å². The Kier molecular flexibility index (Phi) is 13.6. The van der Waals surface area contributed by atoms with Crippen LogP contribution in [0.5, 0.6) is 11.5 Å². The lowest BCUT2D eigenvalue weighted by Gasteiger charge is -2.17. The average Bonchev–Trinajstić information content (AvgIpc) is 4.06. The number of hydrogen-bond acceptors (Lipinski definition) is 14. The topological polar surface area (TPSA) is 306 Å². The number of H-pyrrole nitrogens is 2. The molecule has 0 fully saturated rings. The summed E-state index contributed by atoms with van der Waals surface area (Å²) in [5, 5.41) is 27.9. The van der Waals surface area contributed by atoms with E-state index in [1.54, 1.807) is 48.5 Å². The van der Waals surface area contributed by atoms with Gasteiger partial charge in [-0.15, -0.1) is 20.4 Å². The van der Waals surface area contributed by atoms with Crippen molar-refractivity contribution < 1.29 is 35.9 Å². The van der Waals surface area contributed by atoms with Crippen LogP contribution in [0, 0.1) is 0 Å². The highest BCUT2D eigenvalue weighted by Gasteiger charge is 2.26. The van der Waals surface area contributed by atoms with E-state index in [4.69, 9.17) is 44.1 Å². The van der Waals surface area contributed by atoms with Gasteiger partial charge in [-0.05, 0) is 82.2 Å². The maximum Gasteiger partial charge on any atom is 0.265 e. The average molecular weight is 970 g/mol. The number of ether oxygens (including phenoxy) is 2. The van der Waals surface area contributed by atoms with Gasteiger partial charge in [0, 0.05) is 43.4 Å². The number of benzene rings is 6. The molecular weight excluding hydrogens is 936 g/mol. The molecule has 0 bridgehead atoms. The third-order valence-corrected chi connectivity index (χ3v) is 12.8. The predicted molar refractivity (Wildman–Crippen MR) is 245 cm³/mol. The number of tetrazole rings is 2. The third kappa shape index (κ3) is 10.1. The van der Waals surface area contributed by atoms with Gasteiger partial charge in [0.15, 0.2) is 0 Å². The highest BCUT2D eigenvalue weighted by Crippen LogP contribution is 2.38. The molecule has 0 atom stereocenters. The second-order valence-corrected chi connectivity index (χ2v) is 17.8. The van der Waals surface area contributed by atoms with Crippen molar-refractivity contribution >= 4 is 66.4 Å². The van der Waals surface area contributed by atoms with E-state index in [0.29, 0.717) is 45.0 Å². The monoisotopic (exact) mass is 968 g/mol. The van der Waals surface area contributed by atoms with E-state index in [1.165, 1.54) is 87.0 Å². The first-order valence-electron chi connectivity index (χ1n) is 18.9. The Morgan fingerprint density at radius 1 is 0.545 bits per heavy atom. The molecule has 2 heterocycles. The van der Waals surface area contributed by atoms with E-state index < -0.39 is 31.9 Å². The van der Waals surface area contributed by atoms with Gasteiger partial charge in [0.1, 0.15) is 21.3 Å². The molecule has 0 radical (unpaired) electrons. The van der Waals surface area contributed by atoms with E-state index in [2.05, 4.69) is 50.7 Å². The van der Waals surface area contributed by atoms with Crippen molar-refractivity contribution in [2.45, 2.75) is 9.79 Å². The molecule has 24 heteroatoms. The van der Waals surface area contributed by atoms with Crippen molar-refractivity contribution in [3.05, 3.63) is 142 Å². The van der Waals surface area contributed by atoms with Crippen LogP contribution in [0.3, 0.4) is 0 Å². The summed E-state index contributed by atoms with van der Waals surface area (Å²) in [4.78, 5) is 24.0. The Morgan fingerprint density at radius 2 is 0.909 bits per heavy atom. The number of nitrogens with two attached hydrogens (primary N) is 2. The Hall–Kier alpha value is -7.92. The number of anilines is 2. The first-order chi connectivity index (χ1) is 31.6. The van der Waals surface area contributed by atoms with Crippen LogP contribution in [0.15, 0.2) is 131 Å². The zero-order chi connectivity index (χ0) is 47.2. The molecule has 2 amide bonds. The number of methoxy groups -OCH3 is 2. The Bertz CT molecular complexity index is 3070. The number of aromatic amines is 2. The minimum atomic E-state index is -4.14. The molecule has 0 unspecified atom stereocenters. The van der Waals surface area contributed by atoms with Crippen LogP contribution in [-0.2, 0) is 20.0 Å². The van der Waals surface area contributed by atoms with E-state index in [0.717, 1.165) is 0 Å². The third-order valence-electron chi connectivity index (χ3n) is 9.53. The summed E-state index contributed by atoms with van der Waals surface area (Å²) in [5.74, 6) is -0.423. The number of nitrogens with one attached hydrogen (secondary N) is 4. The minimum Gasteiger partial charge on any atom is -0.495 e. The second kappa shape index (κ2) is 19.4. The molecule has 8 N–H and O–H groups in total. The molecule has 8 aromatic rings. The number of carbonyl (C=O) groups excluding carboxylic acids is 2. The molecule has 336 valence electrons. The number of amides is 2. The Morgan fingerprint density at radius 3 is 1.23 bits per heavy atom. The van der Waals surface area contributed by atoms with Crippen LogP contribution >= 0.6 is 23.2 Å². The van der Waals surface area contributed by atoms with Crippen LogP contribution in [0.25, 0.3) is 45.0 Å². The normalized spacial score (nSPS) is 11.2. The summed E-state index contributed by atoms with van der Waals surface area (Å²) in [6, 6.07) is 31.3. The summed E-state index contributed by atoms with van der Waals surface area (Å²) in [6.07, 6.45) is 0. The number of aromatic nitrogens is 8. The largest absolute Gasteiger partial charge is 0.495 e. The number of carbonyl (C=O) groups is 2. The molecule has 0 aliphatic rings. The number of halogens is 2. The van der Waals surface area contributed by atoms with E-state index in [1.807, 2.05) is 0 Å². The van der Waals surface area contributed by atoms with E-state index >= 15 is 0 Å². The van der Waals surface area contributed by atoms with Gasteiger partial charge in [-0.1, -0.05) is 83.9 Å². The maximum atomic E-state index is 13.2. The predicted octanol–water partition coefficient (Wildman–Crippen LogP) is 6.19. The lowest BCUT2D eigenvalue weighted by Crippen LogP contribution is -2.17. The first-order valence-corrected chi connectivity index (χ1v) is 22.6. The molecule has 8 rings (SSSR count). The second-order valence-electron chi connectivity index (χ2n) is 13.6. The Balaban J connectivity index is 0.000000196. The van der Waals surface area contributed by atoms with Crippen LogP contribution in [0.2, 0.25) is 10.0 Å². The van der Waals surface area contributed by atoms with E-state index in [-0.39, 0.29) is 53.8 Å². The molecule has 0 aliphatic heterocycles. The van der Waals surface area contributed by atoms with Crippen LogP contribution in [0.1, 0.15) is 20.7 Å². The van der Waals surface area contributed by atoms with Gasteiger partial charge >= 0.3 is 0 Å². The highest BCUT2D eigenvalue weighted by molar-refractivity contribution is 7.93. The summed E-state index contributed by atoms with van der Waals surface area (Å²) < 4.78 is 68.3. The fourth-order valence-electron chi connectivity index (χ4n) is 6.57. The quantitative estimate of drug-likeness (QED) is 0.0708. The lowest BCUT2D eigenvalue weighted by molar-refractivity contribution is 0.0992. The molecule has 66 heavy (non-hydrogen) atoms. The van der Waals surface area contributed by atoms with Crippen LogP contribution in [-0.4, -0.2) is 84.1 Å². The maximum absolute atomic E-state index is 13.2. The molecule has 0 aliphatic carbocycles.